The number of nitrogens with one attached hydrogen (secondary N) is 1. The lowest BCUT2D eigenvalue weighted by atomic mass is 9.75. The monoisotopic (exact) mass is 286 g/mol. The summed E-state index contributed by atoms with van der Waals surface area (Å²) in [5, 5.41) is 2.99. The van der Waals surface area contributed by atoms with Gasteiger partial charge in [-0.1, -0.05) is 32.4 Å². The Kier molecular flexibility index (Phi) is 3.78. The van der Waals surface area contributed by atoms with Gasteiger partial charge in [0.1, 0.15) is 0 Å². The van der Waals surface area contributed by atoms with Crippen molar-refractivity contribution in [3.05, 3.63) is 29.3 Å². The van der Waals surface area contributed by atoms with Gasteiger partial charge in [-0.3, -0.25) is 4.79 Å². The molecule has 0 aromatic heterocycles. The minimum Gasteiger partial charge on any atom is -0.326 e. The third-order valence-corrected chi connectivity index (χ3v) is 5.41. The molecule has 2 unspecified atom stereocenters. The van der Waals surface area contributed by atoms with Gasteiger partial charge in [0.25, 0.3) is 0 Å². The topological polar surface area (TPSA) is 55.1 Å². The van der Waals surface area contributed by atoms with Gasteiger partial charge >= 0.3 is 0 Å². The van der Waals surface area contributed by atoms with E-state index in [-0.39, 0.29) is 11.9 Å². The summed E-state index contributed by atoms with van der Waals surface area (Å²) in [7, 11) is 0. The standard InChI is InChI=1S/C18H26N2O/c1-18(2)10-4-6-14(18)17(19)13-8-9-15-12(11-13)5-3-7-16(21)20-15/h8-9,11,14,17H,3-7,10,19H2,1-2H3,(H,20,21). The minimum absolute atomic E-state index is 0.103. The van der Waals surface area contributed by atoms with Crippen LogP contribution in [0.15, 0.2) is 18.2 Å². The first-order valence-corrected chi connectivity index (χ1v) is 8.16. The van der Waals surface area contributed by atoms with E-state index in [1.807, 2.05) is 6.07 Å². The van der Waals surface area contributed by atoms with E-state index in [2.05, 4.69) is 31.3 Å². The molecular weight excluding hydrogens is 260 g/mol. The third-order valence-electron chi connectivity index (χ3n) is 5.41. The Hall–Kier alpha value is -1.35. The maximum absolute atomic E-state index is 11.6. The molecule has 3 N–H and O–H groups in total. The average molecular weight is 286 g/mol. The van der Waals surface area contributed by atoms with Crippen LogP contribution in [0.4, 0.5) is 5.69 Å². The summed E-state index contributed by atoms with van der Waals surface area (Å²) in [5.41, 5.74) is 10.4. The second-order valence-corrected chi connectivity index (χ2v) is 7.33. The van der Waals surface area contributed by atoms with Crippen LogP contribution >= 0.6 is 0 Å². The zero-order valence-electron chi connectivity index (χ0n) is 13.1. The Morgan fingerprint density at radius 2 is 2.10 bits per heavy atom. The highest BCUT2D eigenvalue weighted by Crippen LogP contribution is 2.48. The van der Waals surface area contributed by atoms with Crippen molar-refractivity contribution in [2.24, 2.45) is 17.1 Å². The first-order chi connectivity index (χ1) is 9.97. The molecule has 2 atom stereocenters. The second kappa shape index (κ2) is 5.45. The van der Waals surface area contributed by atoms with E-state index >= 15 is 0 Å². The van der Waals surface area contributed by atoms with Crippen LogP contribution < -0.4 is 11.1 Å². The van der Waals surface area contributed by atoms with Crippen molar-refractivity contribution in [2.75, 3.05) is 5.32 Å². The highest BCUT2D eigenvalue weighted by Gasteiger charge is 2.38. The largest absolute Gasteiger partial charge is 0.326 e. The van der Waals surface area contributed by atoms with Crippen LogP contribution in [0.25, 0.3) is 0 Å². The lowest BCUT2D eigenvalue weighted by Gasteiger charge is -2.32. The zero-order chi connectivity index (χ0) is 15.0. The van der Waals surface area contributed by atoms with Gasteiger partial charge in [-0.25, -0.2) is 0 Å². The third kappa shape index (κ3) is 2.84. The molecule has 1 aliphatic heterocycles. The maximum atomic E-state index is 11.6. The highest BCUT2D eigenvalue weighted by atomic mass is 16.1. The van der Waals surface area contributed by atoms with Crippen molar-refractivity contribution in [1.82, 2.24) is 0 Å². The zero-order valence-corrected chi connectivity index (χ0v) is 13.1. The maximum Gasteiger partial charge on any atom is 0.224 e. The summed E-state index contributed by atoms with van der Waals surface area (Å²) in [4.78, 5) is 11.6. The Labute approximate surface area is 127 Å². The van der Waals surface area contributed by atoms with E-state index < -0.39 is 0 Å². The minimum atomic E-state index is 0.103. The Bertz CT molecular complexity index is 550. The first-order valence-electron chi connectivity index (χ1n) is 8.16. The smallest absolute Gasteiger partial charge is 0.224 e. The summed E-state index contributed by atoms with van der Waals surface area (Å²) in [5.74, 6) is 0.679. The molecule has 1 saturated carbocycles. The van der Waals surface area contributed by atoms with E-state index in [0.717, 1.165) is 18.5 Å². The van der Waals surface area contributed by atoms with E-state index in [0.29, 0.717) is 17.8 Å². The van der Waals surface area contributed by atoms with Crippen molar-refractivity contribution in [1.29, 1.82) is 0 Å². The van der Waals surface area contributed by atoms with E-state index in [1.165, 1.54) is 30.4 Å². The van der Waals surface area contributed by atoms with Crippen molar-refractivity contribution in [2.45, 2.75) is 58.4 Å². The molecule has 1 heterocycles. The van der Waals surface area contributed by atoms with E-state index in [4.69, 9.17) is 5.73 Å². The fourth-order valence-electron chi connectivity index (χ4n) is 4.05. The second-order valence-electron chi connectivity index (χ2n) is 7.33. The summed E-state index contributed by atoms with van der Waals surface area (Å²) in [6.45, 7) is 4.68. The van der Waals surface area contributed by atoms with Crippen LogP contribution in [-0.4, -0.2) is 5.91 Å². The Balaban J connectivity index is 1.86. The number of aryl methyl sites for hydroxylation is 1. The summed E-state index contributed by atoms with van der Waals surface area (Å²) in [6.07, 6.45) is 6.28. The number of carbonyl (C=O) groups excluding carboxylic acids is 1. The Morgan fingerprint density at radius 3 is 2.81 bits per heavy atom. The predicted octanol–water partition coefficient (Wildman–Crippen LogP) is 3.79. The lowest BCUT2D eigenvalue weighted by Crippen LogP contribution is -2.29. The van der Waals surface area contributed by atoms with Gasteiger partial charge in [-0.15, -0.1) is 0 Å². The molecule has 0 spiro atoms. The fraction of sp³-hybridized carbons (Fsp3) is 0.611. The number of hydrogen-bond acceptors (Lipinski definition) is 2. The molecule has 1 aromatic rings. The molecule has 21 heavy (non-hydrogen) atoms. The van der Waals surface area contributed by atoms with Crippen molar-refractivity contribution >= 4 is 11.6 Å². The van der Waals surface area contributed by atoms with Crippen molar-refractivity contribution in [3.8, 4) is 0 Å². The molecule has 1 fully saturated rings. The fourth-order valence-corrected chi connectivity index (χ4v) is 4.05. The molecule has 114 valence electrons. The predicted molar refractivity (Wildman–Crippen MR) is 86.1 cm³/mol. The number of nitrogens with two attached hydrogens (primary N) is 1. The van der Waals surface area contributed by atoms with E-state index in [1.54, 1.807) is 0 Å². The molecule has 3 rings (SSSR count). The van der Waals surface area contributed by atoms with E-state index in [9.17, 15) is 4.79 Å². The number of amides is 1. The van der Waals surface area contributed by atoms with Crippen LogP contribution in [0.5, 0.6) is 0 Å². The van der Waals surface area contributed by atoms with Gasteiger partial charge < -0.3 is 11.1 Å². The molecule has 2 aliphatic rings. The SMILES string of the molecule is CC1(C)CCCC1C(N)c1ccc2c(c1)CCCC(=O)N2. The quantitative estimate of drug-likeness (QED) is 0.869. The number of benzene rings is 1. The van der Waals surface area contributed by atoms with Gasteiger partial charge in [0.2, 0.25) is 5.91 Å². The molecule has 1 aliphatic carbocycles. The number of fused-ring (bicyclic) bond motifs is 1. The van der Waals surface area contributed by atoms with Gasteiger partial charge in [0.05, 0.1) is 0 Å². The summed E-state index contributed by atoms with van der Waals surface area (Å²) >= 11 is 0. The van der Waals surface area contributed by atoms with Crippen LogP contribution in [0.3, 0.4) is 0 Å². The number of carbonyl (C=O) groups is 1. The first kappa shape index (κ1) is 14.6. The van der Waals surface area contributed by atoms with Crippen LogP contribution in [0, 0.1) is 11.3 Å². The van der Waals surface area contributed by atoms with Gasteiger partial charge in [-0.05, 0) is 54.2 Å². The van der Waals surface area contributed by atoms with Crippen LogP contribution in [0.1, 0.15) is 63.1 Å². The number of hydrogen-bond donors (Lipinski definition) is 2. The van der Waals surface area contributed by atoms with Gasteiger partial charge in [0, 0.05) is 18.2 Å². The highest BCUT2D eigenvalue weighted by molar-refractivity contribution is 5.92. The van der Waals surface area contributed by atoms with Gasteiger partial charge in [-0.2, -0.15) is 0 Å². The van der Waals surface area contributed by atoms with Crippen LogP contribution in [0.2, 0.25) is 0 Å². The molecular formula is C18H26N2O. The summed E-state index contributed by atoms with van der Waals surface area (Å²) < 4.78 is 0. The molecule has 0 bridgehead atoms. The molecule has 1 aromatic carbocycles. The normalized spacial score (nSPS) is 25.9. The molecule has 0 saturated heterocycles. The average Bonchev–Trinajstić information content (AvgIpc) is 2.67. The molecule has 0 radical (unpaired) electrons. The lowest BCUT2D eigenvalue weighted by molar-refractivity contribution is -0.116. The molecule has 3 heteroatoms. The van der Waals surface area contributed by atoms with Gasteiger partial charge in [0.15, 0.2) is 0 Å². The Morgan fingerprint density at radius 1 is 1.29 bits per heavy atom. The summed E-state index contributed by atoms with van der Waals surface area (Å²) in [6, 6.07) is 6.46. The number of anilines is 1. The van der Waals surface area contributed by atoms with Crippen molar-refractivity contribution in [3.63, 3.8) is 0 Å². The van der Waals surface area contributed by atoms with Crippen LogP contribution in [-0.2, 0) is 11.2 Å². The molecule has 1 amide bonds. The number of rotatable bonds is 2. The molecule has 3 nitrogen and oxygen atoms in total. The van der Waals surface area contributed by atoms with Crippen molar-refractivity contribution < 1.29 is 4.79 Å².